The number of carbonyl (C=O) groups excluding carboxylic acids is 4. The quantitative estimate of drug-likeness (QED) is 0.0994. The summed E-state index contributed by atoms with van der Waals surface area (Å²) in [5.74, 6) is -4.86. The minimum atomic E-state index is -3.96. The first-order valence-electron chi connectivity index (χ1n) is 20.0. The normalized spacial score (nSPS) is 17.4. The third-order valence-electron chi connectivity index (χ3n) is 9.70. The van der Waals surface area contributed by atoms with Crippen LogP contribution in [0.5, 0.6) is 5.75 Å². The maximum Gasteiger partial charge on any atom is 0.410 e. The number of likely N-dealkylation sites (tertiary alicyclic amines) is 1. The van der Waals surface area contributed by atoms with Gasteiger partial charge in [-0.3, -0.25) is 9.79 Å². The van der Waals surface area contributed by atoms with Crippen LogP contribution in [-0.2, 0) is 39.6 Å². The highest BCUT2D eigenvalue weighted by Crippen LogP contribution is 2.48. The number of sulfonamides is 1. The molecule has 1 unspecified atom stereocenters. The van der Waals surface area contributed by atoms with Crippen LogP contribution < -0.4 is 10.1 Å². The van der Waals surface area contributed by atoms with Crippen molar-refractivity contribution in [1.82, 2.24) is 9.21 Å². The second-order valence-electron chi connectivity index (χ2n) is 17.7. The fourth-order valence-electron chi connectivity index (χ4n) is 6.95. The van der Waals surface area contributed by atoms with Crippen LogP contribution in [0.15, 0.2) is 41.4 Å². The van der Waals surface area contributed by atoms with Gasteiger partial charge in [0.15, 0.2) is 23.1 Å². The Labute approximate surface area is 369 Å². The van der Waals surface area contributed by atoms with Crippen LogP contribution in [0.25, 0.3) is 10.4 Å². The molecule has 1 aromatic heterocycles. The van der Waals surface area contributed by atoms with Gasteiger partial charge in [-0.25, -0.2) is 31.6 Å². The monoisotopic (exact) mass is 922 g/mol. The molecule has 19 heteroatoms. The minimum absolute atomic E-state index is 0.0236. The zero-order valence-corrected chi connectivity index (χ0v) is 38.6. The van der Waals surface area contributed by atoms with Gasteiger partial charge in [-0.05, 0) is 105 Å². The number of aliphatic imine (C=N–C) groups is 1. The van der Waals surface area contributed by atoms with Crippen LogP contribution in [0.2, 0.25) is 5.02 Å². The number of anilines is 1. The molecule has 2 aliphatic rings. The molecule has 5 rings (SSSR count). The number of thiophene rings is 1. The molecule has 3 aromatic rings. The van der Waals surface area contributed by atoms with E-state index in [1.807, 2.05) is 0 Å². The number of esters is 2. The van der Waals surface area contributed by atoms with Crippen molar-refractivity contribution in [2.45, 2.75) is 97.6 Å². The fourth-order valence-corrected chi connectivity index (χ4v) is 10.4. The summed E-state index contributed by atoms with van der Waals surface area (Å²) in [7, 11) is -3.96. The van der Waals surface area contributed by atoms with Crippen LogP contribution in [0, 0.1) is 23.5 Å². The predicted octanol–water partition coefficient (Wildman–Crippen LogP) is 8.77. The molecular formula is C43H53ClF2N4O10S2. The first-order valence-corrected chi connectivity index (χ1v) is 22.8. The van der Waals surface area contributed by atoms with Crippen molar-refractivity contribution < 1.29 is 55.3 Å². The highest BCUT2D eigenvalue weighted by molar-refractivity contribution is 7.88. The summed E-state index contributed by atoms with van der Waals surface area (Å²) in [6.45, 7) is 15.3. The molecule has 2 aliphatic heterocycles. The average molecular weight is 923 g/mol. The third kappa shape index (κ3) is 12.1. The molecule has 2 aromatic carbocycles. The molecule has 3 heterocycles. The van der Waals surface area contributed by atoms with Crippen molar-refractivity contribution in [3.05, 3.63) is 63.5 Å². The topological polar surface area (TPSA) is 170 Å². The number of nitrogens with one attached hydrogen (secondary N) is 1. The van der Waals surface area contributed by atoms with Gasteiger partial charge in [-0.1, -0.05) is 29.8 Å². The lowest BCUT2D eigenvalue weighted by Gasteiger charge is -2.43. The molecule has 0 spiro atoms. The van der Waals surface area contributed by atoms with E-state index >= 15 is 4.39 Å². The Bertz CT molecular complexity index is 2330. The molecule has 0 aliphatic carbocycles. The van der Waals surface area contributed by atoms with Gasteiger partial charge < -0.3 is 29.2 Å². The van der Waals surface area contributed by atoms with Crippen molar-refractivity contribution in [2.24, 2.45) is 16.8 Å². The summed E-state index contributed by atoms with van der Waals surface area (Å²) in [6, 6.07) is 8.26. The van der Waals surface area contributed by atoms with Gasteiger partial charge >= 0.3 is 18.0 Å². The van der Waals surface area contributed by atoms with Gasteiger partial charge in [0.25, 0.3) is 0 Å². The number of rotatable bonds is 13. The van der Waals surface area contributed by atoms with Crippen molar-refractivity contribution in [3.8, 4) is 16.2 Å². The van der Waals surface area contributed by atoms with E-state index in [1.165, 1.54) is 33.5 Å². The largest absolute Gasteiger partial charge is 0.479 e. The highest BCUT2D eigenvalue weighted by Gasteiger charge is 2.42. The molecule has 2 fully saturated rings. The van der Waals surface area contributed by atoms with Gasteiger partial charge in [-0.2, -0.15) is 4.31 Å². The first kappa shape index (κ1) is 48.4. The van der Waals surface area contributed by atoms with Gasteiger partial charge in [0, 0.05) is 37.0 Å². The van der Waals surface area contributed by atoms with Gasteiger partial charge in [-0.15, -0.1) is 11.3 Å². The van der Waals surface area contributed by atoms with Gasteiger partial charge in [0.05, 0.1) is 34.5 Å². The zero-order valence-electron chi connectivity index (χ0n) is 36.2. The van der Waals surface area contributed by atoms with E-state index in [0.29, 0.717) is 12.8 Å². The Kier molecular flexibility index (Phi) is 14.8. The fraction of sp³-hybridized carbons (Fsp3) is 0.512. The average Bonchev–Trinajstić information content (AvgIpc) is 3.44. The number of ether oxygens (including phenoxy) is 4. The van der Waals surface area contributed by atoms with Gasteiger partial charge in [0.2, 0.25) is 15.9 Å². The number of piperidine rings is 1. The SMILES string of the molecule is CCOC(=O)COc1c(C(=O)OC(C)(C)C)sc(-c2cccc(N=CC3CCN(S(=O)(=O)Cc4ccc(F)c(NC(=O)C5CN(C(=O)OC(C)(C)C)C5)c4)C(C)(C)C3)c2F)c1Cl. The molecule has 14 nitrogen and oxygen atoms in total. The number of halogens is 3. The molecule has 0 saturated carbocycles. The Morgan fingerprint density at radius 1 is 1.03 bits per heavy atom. The van der Waals surface area contributed by atoms with E-state index in [2.05, 4.69) is 10.3 Å². The van der Waals surface area contributed by atoms with Crippen LogP contribution in [0.1, 0.15) is 90.4 Å². The van der Waals surface area contributed by atoms with E-state index in [9.17, 15) is 32.0 Å². The second kappa shape index (κ2) is 19.0. The van der Waals surface area contributed by atoms with E-state index in [4.69, 9.17) is 30.5 Å². The molecule has 1 N–H and O–H groups in total. The Hall–Kier alpha value is -4.65. The van der Waals surface area contributed by atoms with E-state index in [-0.39, 0.29) is 75.2 Å². The van der Waals surface area contributed by atoms with Crippen molar-refractivity contribution in [3.63, 3.8) is 0 Å². The van der Waals surface area contributed by atoms with Crippen molar-refractivity contribution >= 4 is 74.5 Å². The van der Waals surface area contributed by atoms with Gasteiger partial charge in [0.1, 0.15) is 22.0 Å². The molecule has 1 atom stereocenters. The van der Waals surface area contributed by atoms with Crippen LogP contribution in [0.3, 0.4) is 0 Å². The van der Waals surface area contributed by atoms with Crippen LogP contribution >= 0.6 is 22.9 Å². The number of hydrogen-bond acceptors (Lipinski definition) is 12. The Balaban J connectivity index is 1.26. The molecule has 2 amide bonds. The molecule has 2 saturated heterocycles. The molecule has 62 heavy (non-hydrogen) atoms. The van der Waals surface area contributed by atoms with Crippen molar-refractivity contribution in [1.29, 1.82) is 0 Å². The summed E-state index contributed by atoms with van der Waals surface area (Å²) in [5, 5.41) is 2.44. The number of carbonyl (C=O) groups is 4. The van der Waals surface area contributed by atoms with E-state index < -0.39 is 80.6 Å². The lowest BCUT2D eigenvalue weighted by molar-refractivity contribution is -0.145. The van der Waals surface area contributed by atoms with E-state index in [0.717, 1.165) is 17.4 Å². The Morgan fingerprint density at radius 2 is 1.71 bits per heavy atom. The zero-order chi connectivity index (χ0) is 45.9. The second-order valence-corrected chi connectivity index (χ2v) is 21.0. The number of benzene rings is 2. The third-order valence-corrected chi connectivity index (χ3v) is 13.4. The molecule has 338 valence electrons. The van der Waals surface area contributed by atoms with E-state index in [1.54, 1.807) is 74.6 Å². The first-order chi connectivity index (χ1) is 28.8. The van der Waals surface area contributed by atoms with Crippen LogP contribution in [-0.4, -0.2) is 97.4 Å². The summed E-state index contributed by atoms with van der Waals surface area (Å²) < 4.78 is 81.6. The lowest BCUT2D eigenvalue weighted by Crippen LogP contribution is -2.55. The summed E-state index contributed by atoms with van der Waals surface area (Å²) >= 11 is 7.54. The standard InChI is InChI=1S/C43H53ClF2N4O10S2/c1-10-57-32(51)23-58-35-33(44)36(61-37(35)39(53)59-41(2,3)4)28-12-11-13-30(34(28)46)47-20-26-16-17-50(43(8,9)19-26)62(55,56)24-25-14-15-29(45)31(18-25)48-38(52)27-21-49(22-27)40(54)60-42(5,6)7/h11-15,18,20,26-27H,10,16-17,19,21-24H2,1-9H3,(H,48,52). The predicted molar refractivity (Wildman–Crippen MR) is 233 cm³/mol. The summed E-state index contributed by atoms with van der Waals surface area (Å²) in [6.07, 6.45) is 1.76. The molecule has 0 radical (unpaired) electrons. The lowest BCUT2D eigenvalue weighted by atomic mass is 9.85. The van der Waals surface area contributed by atoms with Crippen LogP contribution in [0.4, 0.5) is 25.0 Å². The maximum atomic E-state index is 16.2. The summed E-state index contributed by atoms with van der Waals surface area (Å²) in [4.78, 5) is 56.3. The Morgan fingerprint density at radius 3 is 2.34 bits per heavy atom. The summed E-state index contributed by atoms with van der Waals surface area (Å²) in [5.41, 5.74) is -2.35. The smallest absolute Gasteiger partial charge is 0.410 e. The van der Waals surface area contributed by atoms with Crippen molar-refractivity contribution in [2.75, 3.05) is 38.2 Å². The highest BCUT2D eigenvalue weighted by atomic mass is 35.5. The maximum absolute atomic E-state index is 16.2. The number of hydrogen-bond donors (Lipinski definition) is 1. The minimum Gasteiger partial charge on any atom is -0.479 e. The number of nitrogens with zero attached hydrogens (tertiary/aromatic N) is 3. The molecule has 0 bridgehead atoms. The molecular weight excluding hydrogens is 870 g/mol. The number of amides is 2.